The maximum Gasteiger partial charge on any atom is 0.295 e. The highest BCUT2D eigenvalue weighted by atomic mass is 16.6. The molecule has 0 aliphatic carbocycles. The smallest absolute Gasteiger partial charge is 0.295 e. The standard InChI is InChI=1S/C29H28N2O5/c1-29(2,3)21-7-4-19(5-8-21)25-24(26(32)20-6-9-22-23(16-20)36-15-14-35-22)27(33)28(34)31(25)17-18-10-12-30-13-11-18/h4-13,16,25,32H,14-15,17H2,1-3H3. The number of Topliss-reactive ketones (excluding diaryl/α,β-unsaturated/α-hetero) is 1. The van der Waals surface area contributed by atoms with Gasteiger partial charge in [0.15, 0.2) is 11.5 Å². The number of nitrogens with zero attached hydrogens (tertiary/aromatic N) is 2. The third-order valence-corrected chi connectivity index (χ3v) is 6.55. The van der Waals surface area contributed by atoms with Crippen LogP contribution in [0.1, 0.15) is 49.1 Å². The number of likely N-dealkylation sites (tertiary alicyclic amines) is 1. The lowest BCUT2D eigenvalue weighted by molar-refractivity contribution is -0.140. The molecular weight excluding hydrogens is 456 g/mol. The number of benzene rings is 2. The molecule has 5 rings (SSSR count). The fourth-order valence-corrected chi connectivity index (χ4v) is 4.59. The van der Waals surface area contributed by atoms with Crippen molar-refractivity contribution in [3.05, 3.63) is 94.8 Å². The van der Waals surface area contributed by atoms with Crippen LogP contribution in [0, 0.1) is 0 Å². The number of aliphatic hydroxyl groups is 1. The third-order valence-electron chi connectivity index (χ3n) is 6.55. The van der Waals surface area contributed by atoms with E-state index in [1.54, 1.807) is 42.7 Å². The number of ether oxygens (including phenoxy) is 2. The highest BCUT2D eigenvalue weighted by molar-refractivity contribution is 6.46. The predicted molar refractivity (Wildman–Crippen MR) is 135 cm³/mol. The van der Waals surface area contributed by atoms with Crippen LogP contribution in [-0.2, 0) is 21.5 Å². The van der Waals surface area contributed by atoms with Gasteiger partial charge in [-0.3, -0.25) is 14.6 Å². The summed E-state index contributed by atoms with van der Waals surface area (Å²) in [4.78, 5) is 32.2. The van der Waals surface area contributed by atoms with Gasteiger partial charge in [-0.15, -0.1) is 0 Å². The van der Waals surface area contributed by atoms with Gasteiger partial charge in [0.25, 0.3) is 11.7 Å². The minimum absolute atomic E-state index is 0.0502. The van der Waals surface area contributed by atoms with Gasteiger partial charge < -0.3 is 19.5 Å². The van der Waals surface area contributed by atoms with Gasteiger partial charge in [-0.05, 0) is 52.4 Å². The lowest BCUT2D eigenvalue weighted by atomic mass is 9.85. The topological polar surface area (TPSA) is 89.0 Å². The SMILES string of the molecule is CC(C)(C)c1ccc(C2C(=C(O)c3ccc4c(c3)OCCO4)C(=O)C(=O)N2Cc2ccncc2)cc1. The number of pyridine rings is 1. The predicted octanol–water partition coefficient (Wildman–Crippen LogP) is 4.77. The molecule has 2 aliphatic heterocycles. The van der Waals surface area contributed by atoms with E-state index in [4.69, 9.17) is 9.47 Å². The molecule has 7 heteroatoms. The molecule has 3 aromatic rings. The van der Waals surface area contributed by atoms with E-state index in [0.717, 1.165) is 16.7 Å². The number of fused-ring (bicyclic) bond motifs is 1. The van der Waals surface area contributed by atoms with E-state index < -0.39 is 17.7 Å². The Morgan fingerprint density at radius 3 is 2.31 bits per heavy atom. The molecule has 2 aromatic carbocycles. The number of aromatic nitrogens is 1. The number of carbonyl (C=O) groups is 2. The Morgan fingerprint density at radius 2 is 1.64 bits per heavy atom. The molecule has 1 unspecified atom stereocenters. The number of hydrogen-bond acceptors (Lipinski definition) is 6. The molecule has 1 saturated heterocycles. The Balaban J connectivity index is 1.63. The van der Waals surface area contributed by atoms with Crippen molar-refractivity contribution in [3.8, 4) is 11.5 Å². The average Bonchev–Trinajstić information content (AvgIpc) is 3.13. The number of amides is 1. The van der Waals surface area contributed by atoms with Crippen molar-refractivity contribution >= 4 is 17.4 Å². The summed E-state index contributed by atoms with van der Waals surface area (Å²) in [6.07, 6.45) is 3.29. The first-order chi connectivity index (χ1) is 17.2. The van der Waals surface area contributed by atoms with Crippen molar-refractivity contribution < 1.29 is 24.2 Å². The van der Waals surface area contributed by atoms with Gasteiger partial charge in [-0.25, -0.2) is 0 Å². The zero-order chi connectivity index (χ0) is 25.4. The summed E-state index contributed by atoms with van der Waals surface area (Å²) in [6, 6.07) is 15.7. The van der Waals surface area contributed by atoms with Gasteiger partial charge in [0.1, 0.15) is 19.0 Å². The first kappa shape index (κ1) is 23.6. The Morgan fingerprint density at radius 1 is 0.972 bits per heavy atom. The van der Waals surface area contributed by atoms with E-state index in [1.807, 2.05) is 24.3 Å². The van der Waals surface area contributed by atoms with Gasteiger partial charge >= 0.3 is 0 Å². The van der Waals surface area contributed by atoms with Gasteiger partial charge in [0.2, 0.25) is 0 Å². The molecule has 1 amide bonds. The van der Waals surface area contributed by atoms with Crippen molar-refractivity contribution in [3.63, 3.8) is 0 Å². The first-order valence-corrected chi connectivity index (χ1v) is 11.9. The molecule has 0 bridgehead atoms. The molecule has 36 heavy (non-hydrogen) atoms. The van der Waals surface area contributed by atoms with Crippen LogP contribution in [0.15, 0.2) is 72.6 Å². The molecule has 1 N–H and O–H groups in total. The number of carbonyl (C=O) groups excluding carboxylic acids is 2. The summed E-state index contributed by atoms with van der Waals surface area (Å²) < 4.78 is 11.2. The number of ketones is 1. The second-order valence-corrected chi connectivity index (χ2v) is 10.0. The van der Waals surface area contributed by atoms with E-state index in [2.05, 4.69) is 25.8 Å². The maximum absolute atomic E-state index is 13.3. The van der Waals surface area contributed by atoms with E-state index >= 15 is 0 Å². The van der Waals surface area contributed by atoms with Gasteiger partial charge in [-0.2, -0.15) is 0 Å². The average molecular weight is 485 g/mol. The molecule has 2 aliphatic rings. The zero-order valence-electron chi connectivity index (χ0n) is 20.5. The van der Waals surface area contributed by atoms with Crippen molar-refractivity contribution in [2.45, 2.75) is 38.8 Å². The normalized spacial score (nSPS) is 19.0. The third kappa shape index (κ3) is 4.33. The molecular formula is C29H28N2O5. The first-order valence-electron chi connectivity index (χ1n) is 11.9. The van der Waals surface area contributed by atoms with Crippen molar-refractivity contribution in [2.75, 3.05) is 13.2 Å². The van der Waals surface area contributed by atoms with Crippen LogP contribution in [0.3, 0.4) is 0 Å². The minimum Gasteiger partial charge on any atom is -0.507 e. The Kier molecular flexibility index (Phi) is 6.00. The van der Waals surface area contributed by atoms with Crippen molar-refractivity contribution in [1.29, 1.82) is 0 Å². The summed E-state index contributed by atoms with van der Waals surface area (Å²) in [6.45, 7) is 7.42. The molecule has 1 aromatic heterocycles. The van der Waals surface area contributed by atoms with E-state index in [9.17, 15) is 14.7 Å². The number of hydrogen-bond donors (Lipinski definition) is 1. The summed E-state index contributed by atoms with van der Waals surface area (Å²) in [7, 11) is 0. The fourth-order valence-electron chi connectivity index (χ4n) is 4.59. The Hall–Kier alpha value is -4.13. The Labute approximate surface area is 210 Å². The van der Waals surface area contributed by atoms with Crippen LogP contribution < -0.4 is 9.47 Å². The lowest BCUT2D eigenvalue weighted by Crippen LogP contribution is -2.29. The molecule has 0 spiro atoms. The van der Waals surface area contributed by atoms with Gasteiger partial charge in [-0.1, -0.05) is 45.0 Å². The Bertz CT molecular complexity index is 1340. The quantitative estimate of drug-likeness (QED) is 0.326. The highest BCUT2D eigenvalue weighted by Gasteiger charge is 2.46. The summed E-state index contributed by atoms with van der Waals surface area (Å²) >= 11 is 0. The molecule has 1 fully saturated rings. The van der Waals surface area contributed by atoms with Crippen molar-refractivity contribution in [1.82, 2.24) is 9.88 Å². The van der Waals surface area contributed by atoms with Gasteiger partial charge in [0, 0.05) is 24.5 Å². The highest BCUT2D eigenvalue weighted by Crippen LogP contribution is 2.42. The zero-order valence-corrected chi connectivity index (χ0v) is 20.5. The van der Waals surface area contributed by atoms with Crippen LogP contribution in [0.5, 0.6) is 11.5 Å². The monoisotopic (exact) mass is 484 g/mol. The molecule has 1 atom stereocenters. The second kappa shape index (κ2) is 9.15. The van der Waals surface area contributed by atoms with Crippen LogP contribution in [0.2, 0.25) is 0 Å². The van der Waals surface area contributed by atoms with E-state index in [1.165, 1.54) is 4.90 Å². The van der Waals surface area contributed by atoms with Gasteiger partial charge in [0.05, 0.1) is 11.6 Å². The second-order valence-electron chi connectivity index (χ2n) is 10.0. The molecule has 3 heterocycles. The van der Waals surface area contributed by atoms with E-state index in [0.29, 0.717) is 30.3 Å². The molecule has 7 nitrogen and oxygen atoms in total. The molecule has 0 saturated carbocycles. The lowest BCUT2D eigenvalue weighted by Gasteiger charge is -2.26. The summed E-state index contributed by atoms with van der Waals surface area (Å²) in [5.41, 5.74) is 3.09. The van der Waals surface area contributed by atoms with Crippen LogP contribution in [-0.4, -0.2) is 39.9 Å². The molecule has 0 radical (unpaired) electrons. The summed E-state index contributed by atoms with van der Waals surface area (Å²) in [5.74, 6) is -0.558. The van der Waals surface area contributed by atoms with Crippen LogP contribution in [0.4, 0.5) is 0 Å². The summed E-state index contributed by atoms with van der Waals surface area (Å²) in [5, 5.41) is 11.4. The molecule has 184 valence electrons. The van der Waals surface area contributed by atoms with E-state index in [-0.39, 0.29) is 23.3 Å². The number of aliphatic hydroxyl groups excluding tert-OH is 1. The van der Waals surface area contributed by atoms with Crippen LogP contribution in [0.25, 0.3) is 5.76 Å². The maximum atomic E-state index is 13.3. The largest absolute Gasteiger partial charge is 0.507 e. The van der Waals surface area contributed by atoms with Crippen LogP contribution >= 0.6 is 0 Å². The minimum atomic E-state index is -0.750. The fraction of sp³-hybridized carbons (Fsp3) is 0.276. The van der Waals surface area contributed by atoms with Crippen molar-refractivity contribution in [2.24, 2.45) is 0 Å². The number of rotatable bonds is 4.